The van der Waals surface area contributed by atoms with Crippen LogP contribution < -0.4 is 0 Å². The number of rotatable bonds is 2. The third-order valence-corrected chi connectivity index (χ3v) is 2.19. The zero-order chi connectivity index (χ0) is 9.30. The second-order valence-electron chi connectivity index (χ2n) is 2.40. The lowest BCUT2D eigenvalue weighted by Gasteiger charge is -2.03. The molecule has 5 nitrogen and oxygen atoms in total. The number of alkyl halides is 1. The van der Waals surface area contributed by atoms with Gasteiger partial charge in [-0.1, -0.05) is 15.9 Å². The number of carbonyl (C=O) groups excluding carboxylic acids is 3. The normalized spacial score (nSPS) is 23.5. The maximum Gasteiger partial charge on any atom is 0.264 e. The molecule has 1 rings (SSSR count). The fourth-order valence-corrected chi connectivity index (χ4v) is 1.35. The van der Waals surface area contributed by atoms with Gasteiger partial charge in [0.05, 0.1) is 5.33 Å². The van der Waals surface area contributed by atoms with Crippen LogP contribution >= 0.6 is 15.9 Å². The van der Waals surface area contributed by atoms with Crippen molar-refractivity contribution in [3.05, 3.63) is 0 Å². The highest BCUT2D eigenvalue weighted by Gasteiger charge is 2.41. The summed E-state index contributed by atoms with van der Waals surface area (Å²) in [5, 5.41) is 8.77. The molecule has 0 radical (unpaired) electrons. The number of amides is 2. The molecule has 66 valence electrons. The molecule has 2 amide bonds. The average Bonchev–Trinajstić information content (AvgIpc) is 2.32. The molecule has 0 bridgehead atoms. The largest absolute Gasteiger partial charge is 0.298 e. The first-order valence-corrected chi connectivity index (χ1v) is 4.34. The predicted octanol–water partition coefficient (Wildman–Crippen LogP) is -0.285. The molecule has 0 spiro atoms. The lowest BCUT2D eigenvalue weighted by atomic mass is 10.0. The zero-order valence-electron chi connectivity index (χ0n) is 5.99. The van der Waals surface area contributed by atoms with Gasteiger partial charge in [0.2, 0.25) is 0 Å². The van der Waals surface area contributed by atoms with Crippen molar-refractivity contribution in [2.24, 2.45) is 5.92 Å². The Bertz CT molecular complexity index is 252. The maximum absolute atomic E-state index is 11.0. The van der Waals surface area contributed by atoms with Crippen molar-refractivity contribution < 1.29 is 19.6 Å². The Balaban J connectivity index is 2.78. The number of Topliss-reactive ketones (excluding diaryl/α,β-unsaturated/α-hetero) is 1. The van der Waals surface area contributed by atoms with Gasteiger partial charge in [-0.2, -0.15) is 5.06 Å². The Morgan fingerprint density at radius 3 is 2.58 bits per heavy atom. The molecule has 1 aliphatic rings. The molecule has 0 aromatic rings. The van der Waals surface area contributed by atoms with Gasteiger partial charge in [-0.15, -0.1) is 0 Å². The van der Waals surface area contributed by atoms with E-state index in [1.54, 1.807) is 0 Å². The highest BCUT2D eigenvalue weighted by atomic mass is 79.9. The third kappa shape index (κ3) is 1.39. The number of carbonyl (C=O) groups is 3. The molecule has 1 saturated heterocycles. The topological polar surface area (TPSA) is 74.7 Å². The predicted molar refractivity (Wildman–Crippen MR) is 40.5 cm³/mol. The molecule has 0 aromatic carbocycles. The van der Waals surface area contributed by atoms with E-state index in [4.69, 9.17) is 5.21 Å². The van der Waals surface area contributed by atoms with E-state index in [1.165, 1.54) is 0 Å². The summed E-state index contributed by atoms with van der Waals surface area (Å²) in [6.07, 6.45) is -0.222. The number of halogens is 1. The molecule has 1 fully saturated rings. The summed E-state index contributed by atoms with van der Waals surface area (Å²) in [6.45, 7) is 0. The summed E-state index contributed by atoms with van der Waals surface area (Å²) in [4.78, 5) is 32.6. The molecular weight excluding hydrogens is 230 g/mol. The summed E-state index contributed by atoms with van der Waals surface area (Å²) >= 11 is 2.88. The van der Waals surface area contributed by atoms with Gasteiger partial charge in [-0.05, 0) is 0 Å². The number of hydroxylamine groups is 2. The van der Waals surface area contributed by atoms with E-state index in [0.717, 1.165) is 0 Å². The van der Waals surface area contributed by atoms with Crippen molar-refractivity contribution in [3.63, 3.8) is 0 Å². The lowest BCUT2D eigenvalue weighted by molar-refractivity contribution is -0.172. The Labute approximate surface area is 76.4 Å². The van der Waals surface area contributed by atoms with Gasteiger partial charge in [-0.3, -0.25) is 19.6 Å². The minimum absolute atomic E-state index is 0.00519. The zero-order valence-corrected chi connectivity index (χ0v) is 7.57. The molecule has 1 N–H and O–H groups in total. The number of hydrogen-bond acceptors (Lipinski definition) is 4. The monoisotopic (exact) mass is 235 g/mol. The van der Waals surface area contributed by atoms with E-state index in [2.05, 4.69) is 15.9 Å². The van der Waals surface area contributed by atoms with E-state index in [1.807, 2.05) is 0 Å². The molecule has 1 aliphatic heterocycles. The summed E-state index contributed by atoms with van der Waals surface area (Å²) in [6, 6.07) is 0. The molecule has 1 unspecified atom stereocenters. The first-order chi connectivity index (χ1) is 5.57. The molecule has 1 heterocycles. The Kier molecular flexibility index (Phi) is 2.58. The number of ketones is 1. The van der Waals surface area contributed by atoms with Crippen molar-refractivity contribution in [1.29, 1.82) is 0 Å². The van der Waals surface area contributed by atoms with Crippen LogP contribution in [0.25, 0.3) is 0 Å². The van der Waals surface area contributed by atoms with E-state index in [9.17, 15) is 14.4 Å². The Morgan fingerprint density at radius 1 is 1.67 bits per heavy atom. The first kappa shape index (κ1) is 9.34. The van der Waals surface area contributed by atoms with E-state index >= 15 is 0 Å². The van der Waals surface area contributed by atoms with E-state index < -0.39 is 17.7 Å². The second kappa shape index (κ2) is 3.32. The van der Waals surface area contributed by atoms with Gasteiger partial charge >= 0.3 is 0 Å². The average molecular weight is 236 g/mol. The molecule has 6 heteroatoms. The standard InChI is InChI=1S/C6H6BrNO4/c7-2-4(9)3-1-5(10)8(12)6(3)11/h3,12H,1-2H2. The van der Waals surface area contributed by atoms with Gasteiger partial charge in [-0.25, -0.2) is 0 Å². The quantitative estimate of drug-likeness (QED) is 0.309. The van der Waals surface area contributed by atoms with Crippen LogP contribution in [-0.4, -0.2) is 33.2 Å². The van der Waals surface area contributed by atoms with Gasteiger partial charge in [0.15, 0.2) is 5.78 Å². The third-order valence-electron chi connectivity index (χ3n) is 1.64. The number of imide groups is 1. The fraction of sp³-hybridized carbons (Fsp3) is 0.500. The van der Waals surface area contributed by atoms with Crippen LogP contribution in [0, 0.1) is 5.92 Å². The summed E-state index contributed by atoms with van der Waals surface area (Å²) < 4.78 is 0. The number of nitrogens with zero attached hydrogens (tertiary/aromatic N) is 1. The van der Waals surface area contributed by atoms with Crippen molar-refractivity contribution in [2.45, 2.75) is 6.42 Å². The highest BCUT2D eigenvalue weighted by Crippen LogP contribution is 2.19. The van der Waals surface area contributed by atoms with Gasteiger partial charge in [0.25, 0.3) is 11.8 Å². The first-order valence-electron chi connectivity index (χ1n) is 3.22. The Morgan fingerprint density at radius 2 is 2.25 bits per heavy atom. The molecule has 0 aromatic heterocycles. The maximum atomic E-state index is 11.0. The van der Waals surface area contributed by atoms with Crippen LogP contribution in [-0.2, 0) is 14.4 Å². The smallest absolute Gasteiger partial charge is 0.264 e. The molecule has 0 aliphatic carbocycles. The Hall–Kier alpha value is -0.750. The minimum atomic E-state index is -0.998. The van der Waals surface area contributed by atoms with Crippen LogP contribution in [0.1, 0.15) is 6.42 Å². The van der Waals surface area contributed by atoms with Gasteiger partial charge in [0.1, 0.15) is 5.92 Å². The molecule has 1 atom stereocenters. The van der Waals surface area contributed by atoms with E-state index in [-0.39, 0.29) is 22.6 Å². The van der Waals surface area contributed by atoms with Gasteiger partial charge in [0, 0.05) is 6.42 Å². The van der Waals surface area contributed by atoms with Crippen molar-refractivity contribution >= 4 is 33.5 Å². The van der Waals surface area contributed by atoms with Crippen molar-refractivity contribution in [1.82, 2.24) is 5.06 Å². The second-order valence-corrected chi connectivity index (χ2v) is 2.96. The summed E-state index contributed by atoms with van der Waals surface area (Å²) in [5.41, 5.74) is 0. The van der Waals surface area contributed by atoms with Crippen LogP contribution in [0.2, 0.25) is 0 Å². The van der Waals surface area contributed by atoms with Crippen LogP contribution in [0.4, 0.5) is 0 Å². The van der Waals surface area contributed by atoms with E-state index in [0.29, 0.717) is 0 Å². The van der Waals surface area contributed by atoms with Crippen molar-refractivity contribution in [2.75, 3.05) is 5.33 Å². The van der Waals surface area contributed by atoms with Crippen LogP contribution in [0.15, 0.2) is 0 Å². The molecule has 12 heavy (non-hydrogen) atoms. The minimum Gasteiger partial charge on any atom is -0.298 e. The molecular formula is C6H6BrNO4. The fourth-order valence-electron chi connectivity index (χ4n) is 0.964. The summed E-state index contributed by atoms with van der Waals surface area (Å²) in [5.74, 6) is -2.93. The van der Waals surface area contributed by atoms with Crippen molar-refractivity contribution in [3.8, 4) is 0 Å². The highest BCUT2D eigenvalue weighted by molar-refractivity contribution is 9.09. The lowest BCUT2D eigenvalue weighted by Crippen LogP contribution is -2.29. The van der Waals surface area contributed by atoms with Gasteiger partial charge < -0.3 is 0 Å². The number of hydrogen-bond donors (Lipinski definition) is 1. The summed E-state index contributed by atoms with van der Waals surface area (Å²) in [7, 11) is 0. The van der Waals surface area contributed by atoms with Crippen LogP contribution in [0.5, 0.6) is 0 Å². The molecule has 0 saturated carbocycles. The van der Waals surface area contributed by atoms with Crippen LogP contribution in [0.3, 0.4) is 0 Å². The SMILES string of the molecule is O=C(CBr)C1CC(=O)N(O)C1=O.